The minimum absolute atomic E-state index is 0.493. The van der Waals surface area contributed by atoms with E-state index in [4.69, 9.17) is 4.74 Å². The molecular formula is C17H27NO2. The lowest BCUT2D eigenvalue weighted by Crippen LogP contribution is -2.42. The van der Waals surface area contributed by atoms with Gasteiger partial charge in [0.05, 0.1) is 12.2 Å². The molecule has 3 heteroatoms. The molecule has 0 radical (unpaired) electrons. The van der Waals surface area contributed by atoms with Crippen molar-refractivity contribution in [3.05, 3.63) is 35.4 Å². The monoisotopic (exact) mass is 277 g/mol. The summed E-state index contributed by atoms with van der Waals surface area (Å²) in [5, 5.41) is 13.9. The van der Waals surface area contributed by atoms with Crippen molar-refractivity contribution in [2.45, 2.75) is 57.8 Å². The van der Waals surface area contributed by atoms with Crippen LogP contribution >= 0.6 is 0 Å². The van der Waals surface area contributed by atoms with E-state index < -0.39 is 5.60 Å². The van der Waals surface area contributed by atoms with Gasteiger partial charge in [-0.1, -0.05) is 43.5 Å². The van der Waals surface area contributed by atoms with Gasteiger partial charge < -0.3 is 15.2 Å². The highest BCUT2D eigenvalue weighted by Gasteiger charge is 2.28. The average molecular weight is 277 g/mol. The van der Waals surface area contributed by atoms with E-state index in [0.29, 0.717) is 13.2 Å². The van der Waals surface area contributed by atoms with E-state index in [0.717, 1.165) is 38.8 Å². The number of rotatable bonds is 7. The highest BCUT2D eigenvalue weighted by Crippen LogP contribution is 2.27. The van der Waals surface area contributed by atoms with Crippen LogP contribution in [0.5, 0.6) is 0 Å². The second-order valence-corrected chi connectivity index (χ2v) is 5.79. The van der Waals surface area contributed by atoms with Crippen molar-refractivity contribution >= 4 is 0 Å². The molecule has 1 saturated carbocycles. The number of hydrogen-bond acceptors (Lipinski definition) is 3. The Morgan fingerprint density at radius 1 is 1.15 bits per heavy atom. The van der Waals surface area contributed by atoms with Gasteiger partial charge in [0.1, 0.15) is 0 Å². The minimum atomic E-state index is -0.493. The lowest BCUT2D eigenvalue weighted by Gasteiger charge is -2.32. The second-order valence-electron chi connectivity index (χ2n) is 5.79. The summed E-state index contributed by atoms with van der Waals surface area (Å²) in [6.45, 7) is 4.90. The van der Waals surface area contributed by atoms with Crippen molar-refractivity contribution in [3.8, 4) is 0 Å². The average Bonchev–Trinajstić information content (AvgIpc) is 2.47. The fourth-order valence-electron chi connectivity index (χ4n) is 2.90. The van der Waals surface area contributed by atoms with Crippen LogP contribution in [0.1, 0.15) is 50.2 Å². The lowest BCUT2D eigenvalue weighted by molar-refractivity contribution is 0.00464. The number of aliphatic hydroxyl groups is 1. The first-order valence-corrected chi connectivity index (χ1v) is 7.81. The summed E-state index contributed by atoms with van der Waals surface area (Å²) < 4.78 is 5.50. The van der Waals surface area contributed by atoms with Gasteiger partial charge in [-0.15, -0.1) is 0 Å². The summed E-state index contributed by atoms with van der Waals surface area (Å²) in [6.07, 6.45) is 5.43. The van der Waals surface area contributed by atoms with Crippen LogP contribution in [-0.4, -0.2) is 23.9 Å². The fourth-order valence-corrected chi connectivity index (χ4v) is 2.90. The fraction of sp³-hybridized carbons (Fsp3) is 0.647. The molecule has 0 atom stereocenters. The molecule has 1 aromatic rings. The minimum Gasteiger partial charge on any atom is -0.389 e. The molecule has 2 N–H and O–H groups in total. The number of ether oxygens (including phenoxy) is 1. The summed E-state index contributed by atoms with van der Waals surface area (Å²) >= 11 is 0. The molecule has 0 unspecified atom stereocenters. The molecule has 0 aliphatic heterocycles. The first-order valence-electron chi connectivity index (χ1n) is 7.81. The zero-order valence-corrected chi connectivity index (χ0v) is 12.5. The molecule has 0 heterocycles. The first-order chi connectivity index (χ1) is 9.73. The zero-order chi connectivity index (χ0) is 14.3. The van der Waals surface area contributed by atoms with Crippen molar-refractivity contribution < 1.29 is 9.84 Å². The Hall–Kier alpha value is -0.900. The van der Waals surface area contributed by atoms with Gasteiger partial charge in [0.25, 0.3) is 0 Å². The molecule has 1 aromatic carbocycles. The van der Waals surface area contributed by atoms with Gasteiger partial charge in [-0.2, -0.15) is 0 Å². The maximum atomic E-state index is 10.5. The quantitative estimate of drug-likeness (QED) is 0.805. The Labute approximate surface area is 122 Å². The van der Waals surface area contributed by atoms with Crippen molar-refractivity contribution in [1.29, 1.82) is 0 Å². The molecule has 0 spiro atoms. The van der Waals surface area contributed by atoms with Crippen LogP contribution < -0.4 is 5.32 Å². The van der Waals surface area contributed by atoms with Gasteiger partial charge in [0, 0.05) is 19.7 Å². The molecule has 0 saturated heterocycles. The third kappa shape index (κ3) is 4.58. The predicted molar refractivity (Wildman–Crippen MR) is 81.5 cm³/mol. The van der Waals surface area contributed by atoms with E-state index >= 15 is 0 Å². The van der Waals surface area contributed by atoms with Gasteiger partial charge in [-0.3, -0.25) is 0 Å². The summed E-state index contributed by atoms with van der Waals surface area (Å²) in [4.78, 5) is 0. The highest BCUT2D eigenvalue weighted by molar-refractivity contribution is 5.26. The van der Waals surface area contributed by atoms with Crippen molar-refractivity contribution in [3.63, 3.8) is 0 Å². The Morgan fingerprint density at radius 3 is 2.55 bits per heavy atom. The molecule has 0 amide bonds. The summed E-state index contributed by atoms with van der Waals surface area (Å²) in [5.41, 5.74) is 2.01. The van der Waals surface area contributed by atoms with Crippen LogP contribution in [0.15, 0.2) is 24.3 Å². The molecule has 2 rings (SSSR count). The van der Waals surface area contributed by atoms with E-state index in [1.54, 1.807) is 0 Å². The summed E-state index contributed by atoms with van der Waals surface area (Å²) in [6, 6.07) is 8.35. The van der Waals surface area contributed by atoms with Gasteiger partial charge in [0.15, 0.2) is 0 Å². The van der Waals surface area contributed by atoms with Gasteiger partial charge in [-0.05, 0) is 30.9 Å². The second kappa shape index (κ2) is 7.77. The molecule has 1 aliphatic rings. The van der Waals surface area contributed by atoms with E-state index in [1.807, 2.05) is 13.0 Å². The van der Waals surface area contributed by atoms with Crippen molar-refractivity contribution in [2.75, 3.05) is 13.2 Å². The molecule has 1 fully saturated rings. The molecule has 0 bridgehead atoms. The molecule has 3 nitrogen and oxygen atoms in total. The first kappa shape index (κ1) is 15.5. The Morgan fingerprint density at radius 2 is 1.85 bits per heavy atom. The molecular weight excluding hydrogens is 250 g/mol. The Kier molecular flexibility index (Phi) is 6.02. The van der Waals surface area contributed by atoms with E-state index in [-0.39, 0.29) is 0 Å². The Balaban J connectivity index is 1.84. The Bertz CT molecular complexity index is 400. The van der Waals surface area contributed by atoms with Crippen LogP contribution in [-0.2, 0) is 17.9 Å². The maximum Gasteiger partial charge on any atom is 0.0771 e. The normalized spacial score (nSPS) is 18.1. The van der Waals surface area contributed by atoms with Crippen LogP contribution in [0, 0.1) is 0 Å². The van der Waals surface area contributed by atoms with E-state index in [1.165, 1.54) is 17.5 Å². The van der Waals surface area contributed by atoms with E-state index in [9.17, 15) is 5.11 Å². The third-order valence-electron chi connectivity index (χ3n) is 4.13. The van der Waals surface area contributed by atoms with Crippen LogP contribution in [0.25, 0.3) is 0 Å². The number of nitrogens with one attached hydrogen (secondary N) is 1. The third-order valence-corrected chi connectivity index (χ3v) is 4.13. The lowest BCUT2D eigenvalue weighted by atomic mass is 9.85. The predicted octanol–water partition coefficient (Wildman–Crippen LogP) is 3.01. The van der Waals surface area contributed by atoms with Crippen LogP contribution in [0.4, 0.5) is 0 Å². The standard InChI is InChI=1S/C17H27NO2/c1-2-20-13-16-9-5-4-8-15(16)12-18-14-17(19)10-6-3-7-11-17/h4-5,8-9,18-19H,2-3,6-7,10-14H2,1H3. The van der Waals surface area contributed by atoms with Gasteiger partial charge in [0.2, 0.25) is 0 Å². The van der Waals surface area contributed by atoms with Crippen molar-refractivity contribution in [1.82, 2.24) is 5.32 Å². The topological polar surface area (TPSA) is 41.5 Å². The van der Waals surface area contributed by atoms with Gasteiger partial charge in [-0.25, -0.2) is 0 Å². The highest BCUT2D eigenvalue weighted by atomic mass is 16.5. The molecule has 112 valence electrons. The summed E-state index contributed by atoms with van der Waals surface area (Å²) in [5.74, 6) is 0. The molecule has 1 aliphatic carbocycles. The smallest absolute Gasteiger partial charge is 0.0771 e. The van der Waals surface area contributed by atoms with Gasteiger partial charge >= 0.3 is 0 Å². The van der Waals surface area contributed by atoms with Crippen LogP contribution in [0.2, 0.25) is 0 Å². The SMILES string of the molecule is CCOCc1ccccc1CNCC1(O)CCCCC1. The summed E-state index contributed by atoms with van der Waals surface area (Å²) in [7, 11) is 0. The van der Waals surface area contributed by atoms with E-state index in [2.05, 4.69) is 23.5 Å². The largest absolute Gasteiger partial charge is 0.389 e. The van der Waals surface area contributed by atoms with Crippen molar-refractivity contribution in [2.24, 2.45) is 0 Å². The molecule has 0 aromatic heterocycles. The number of benzene rings is 1. The number of hydrogen-bond donors (Lipinski definition) is 2. The maximum absolute atomic E-state index is 10.5. The molecule has 20 heavy (non-hydrogen) atoms. The zero-order valence-electron chi connectivity index (χ0n) is 12.5. The van der Waals surface area contributed by atoms with Crippen LogP contribution in [0.3, 0.4) is 0 Å².